The van der Waals surface area contributed by atoms with Crippen molar-refractivity contribution in [3.8, 4) is 17.1 Å². The summed E-state index contributed by atoms with van der Waals surface area (Å²) in [6.07, 6.45) is 0.824. The van der Waals surface area contributed by atoms with Crippen molar-refractivity contribution < 1.29 is 14.1 Å². The van der Waals surface area contributed by atoms with Gasteiger partial charge >= 0.3 is 0 Å². The van der Waals surface area contributed by atoms with Crippen molar-refractivity contribution in [2.75, 3.05) is 7.11 Å². The summed E-state index contributed by atoms with van der Waals surface area (Å²) in [6, 6.07) is 13.9. The highest BCUT2D eigenvalue weighted by Crippen LogP contribution is 2.28. The molecule has 1 N–H and O–H groups in total. The van der Waals surface area contributed by atoms with Crippen LogP contribution < -0.4 is 10.1 Å². The minimum absolute atomic E-state index is 0.0880. The van der Waals surface area contributed by atoms with E-state index in [9.17, 15) is 4.79 Å². The first-order valence-corrected chi connectivity index (χ1v) is 9.44. The molecule has 2 atom stereocenters. The number of hydrogen-bond donors (Lipinski definition) is 1. The molecule has 1 aromatic heterocycles. The van der Waals surface area contributed by atoms with Crippen LogP contribution in [-0.4, -0.2) is 23.2 Å². The fourth-order valence-corrected chi connectivity index (χ4v) is 3.01. The quantitative estimate of drug-likeness (QED) is 0.610. The molecule has 6 nitrogen and oxygen atoms in total. The molecule has 3 rings (SSSR count). The molecule has 146 valence electrons. The lowest BCUT2D eigenvalue weighted by atomic mass is 9.98. The Morgan fingerprint density at radius 2 is 2.04 bits per heavy atom. The smallest absolute Gasteiger partial charge is 0.253 e. The third-order valence-corrected chi connectivity index (χ3v) is 4.98. The van der Waals surface area contributed by atoms with Crippen molar-refractivity contribution in [3.63, 3.8) is 0 Å². The number of aromatic nitrogens is 2. The van der Waals surface area contributed by atoms with Gasteiger partial charge in [0.25, 0.3) is 5.91 Å². The second-order valence-electron chi connectivity index (χ2n) is 6.50. The summed E-state index contributed by atoms with van der Waals surface area (Å²) in [5, 5.41) is 7.46. The summed E-state index contributed by atoms with van der Waals surface area (Å²) in [7, 11) is 1.60. The fraction of sp³-hybridized carbons (Fsp3) is 0.286. The Morgan fingerprint density at radius 1 is 1.25 bits per heavy atom. The number of carbonyl (C=O) groups excluding carboxylic acids is 1. The Labute approximate surface area is 168 Å². The average molecular weight is 400 g/mol. The van der Waals surface area contributed by atoms with Crippen molar-refractivity contribution in [2.45, 2.75) is 26.3 Å². The lowest BCUT2D eigenvalue weighted by molar-refractivity contribution is 0.0910. The van der Waals surface area contributed by atoms with E-state index in [4.69, 9.17) is 20.9 Å². The normalized spacial score (nSPS) is 13.0. The van der Waals surface area contributed by atoms with E-state index >= 15 is 0 Å². The summed E-state index contributed by atoms with van der Waals surface area (Å²) in [6.45, 7) is 4.06. The first-order chi connectivity index (χ1) is 13.5. The Balaban J connectivity index is 1.87. The van der Waals surface area contributed by atoms with Gasteiger partial charge in [0.2, 0.25) is 11.7 Å². The maximum atomic E-state index is 12.7. The van der Waals surface area contributed by atoms with Gasteiger partial charge in [-0.2, -0.15) is 4.98 Å². The maximum Gasteiger partial charge on any atom is 0.253 e. The van der Waals surface area contributed by atoms with Gasteiger partial charge in [0.15, 0.2) is 0 Å². The first-order valence-electron chi connectivity index (χ1n) is 9.07. The number of nitrogens with zero attached hydrogens (tertiary/aromatic N) is 2. The second-order valence-corrected chi connectivity index (χ2v) is 6.91. The Kier molecular flexibility index (Phi) is 6.31. The topological polar surface area (TPSA) is 77.2 Å². The van der Waals surface area contributed by atoms with Crippen molar-refractivity contribution in [1.82, 2.24) is 15.5 Å². The van der Waals surface area contributed by atoms with E-state index < -0.39 is 6.04 Å². The Hall–Kier alpha value is -2.86. The average Bonchev–Trinajstić information content (AvgIpc) is 3.21. The molecular formula is C21H22ClN3O3. The molecular weight excluding hydrogens is 378 g/mol. The van der Waals surface area contributed by atoms with Crippen LogP contribution in [0.3, 0.4) is 0 Å². The first kappa shape index (κ1) is 19.9. The molecule has 0 spiro atoms. The van der Waals surface area contributed by atoms with Crippen LogP contribution in [0, 0.1) is 5.92 Å². The molecule has 0 aliphatic rings. The number of nitrogens with one attached hydrogen (secondary N) is 1. The van der Waals surface area contributed by atoms with Gasteiger partial charge in [0, 0.05) is 5.56 Å². The third-order valence-electron chi connectivity index (χ3n) is 4.65. The van der Waals surface area contributed by atoms with Gasteiger partial charge in [-0.15, -0.1) is 0 Å². The number of ether oxygens (including phenoxy) is 1. The van der Waals surface area contributed by atoms with Crippen molar-refractivity contribution in [2.24, 2.45) is 5.92 Å². The monoisotopic (exact) mass is 399 g/mol. The molecule has 28 heavy (non-hydrogen) atoms. The number of methoxy groups -OCH3 is 1. The Bertz CT molecular complexity index is 957. The summed E-state index contributed by atoms with van der Waals surface area (Å²) < 4.78 is 10.7. The van der Waals surface area contributed by atoms with E-state index in [0.717, 1.165) is 12.0 Å². The predicted molar refractivity (Wildman–Crippen MR) is 107 cm³/mol. The van der Waals surface area contributed by atoms with Crippen LogP contribution in [0.25, 0.3) is 11.4 Å². The molecule has 0 radical (unpaired) electrons. The zero-order valence-electron chi connectivity index (χ0n) is 16.0. The summed E-state index contributed by atoms with van der Waals surface area (Å²) in [5.41, 5.74) is 1.18. The second kappa shape index (κ2) is 8.89. The van der Waals surface area contributed by atoms with E-state index in [1.54, 1.807) is 31.4 Å². The van der Waals surface area contributed by atoms with Gasteiger partial charge in [-0.1, -0.05) is 61.3 Å². The molecule has 3 aromatic rings. The van der Waals surface area contributed by atoms with E-state index in [0.29, 0.717) is 28.1 Å². The number of rotatable bonds is 7. The molecule has 7 heteroatoms. The van der Waals surface area contributed by atoms with E-state index in [1.807, 2.05) is 38.1 Å². The highest BCUT2D eigenvalue weighted by molar-refractivity contribution is 6.33. The molecule has 0 aliphatic heterocycles. The summed E-state index contributed by atoms with van der Waals surface area (Å²) in [5.74, 6) is 1.30. The molecule has 0 aliphatic carbocycles. The van der Waals surface area contributed by atoms with Crippen molar-refractivity contribution >= 4 is 17.5 Å². The van der Waals surface area contributed by atoms with Gasteiger partial charge in [0.1, 0.15) is 11.8 Å². The van der Waals surface area contributed by atoms with Gasteiger partial charge in [-0.3, -0.25) is 4.79 Å². The molecule has 1 amide bonds. The number of carbonyl (C=O) groups is 1. The zero-order valence-corrected chi connectivity index (χ0v) is 16.7. The van der Waals surface area contributed by atoms with Crippen LogP contribution in [0.4, 0.5) is 0 Å². The standard InChI is InChI=1S/C21H22ClN3O3/c1-4-13(2)18(23-20(26)16-10-5-6-11-17(16)22)21-24-19(25-28-21)14-8-7-9-15(12-14)27-3/h5-13,18H,4H2,1-3H3,(H,23,26). The van der Waals surface area contributed by atoms with Crippen molar-refractivity contribution in [1.29, 1.82) is 0 Å². The largest absolute Gasteiger partial charge is 0.497 e. The zero-order chi connectivity index (χ0) is 20.1. The highest BCUT2D eigenvalue weighted by Gasteiger charge is 2.27. The lowest BCUT2D eigenvalue weighted by Crippen LogP contribution is -2.33. The number of halogens is 1. The predicted octanol–water partition coefficient (Wildman–Crippen LogP) is 4.92. The molecule has 0 saturated heterocycles. The molecule has 0 saturated carbocycles. The highest BCUT2D eigenvalue weighted by atomic mass is 35.5. The maximum absolute atomic E-state index is 12.7. The number of amides is 1. The van der Waals surface area contributed by atoms with Crippen LogP contribution in [0.15, 0.2) is 53.1 Å². The van der Waals surface area contributed by atoms with Crippen LogP contribution in [0.1, 0.15) is 42.6 Å². The van der Waals surface area contributed by atoms with E-state index in [1.165, 1.54) is 0 Å². The molecule has 2 unspecified atom stereocenters. The van der Waals surface area contributed by atoms with Crippen LogP contribution in [0.5, 0.6) is 5.75 Å². The minimum Gasteiger partial charge on any atom is -0.497 e. The van der Waals surface area contributed by atoms with Crippen LogP contribution >= 0.6 is 11.6 Å². The molecule has 0 fully saturated rings. The fourth-order valence-electron chi connectivity index (χ4n) is 2.79. The van der Waals surface area contributed by atoms with Crippen LogP contribution in [-0.2, 0) is 0 Å². The third kappa shape index (κ3) is 4.34. The SMILES string of the molecule is CCC(C)C(NC(=O)c1ccccc1Cl)c1nc(-c2cccc(OC)c2)no1. The van der Waals surface area contributed by atoms with Gasteiger partial charge < -0.3 is 14.6 Å². The number of benzene rings is 2. The summed E-state index contributed by atoms with van der Waals surface area (Å²) in [4.78, 5) is 17.2. The minimum atomic E-state index is -0.430. The van der Waals surface area contributed by atoms with Gasteiger partial charge in [0.05, 0.1) is 17.7 Å². The molecule has 2 aromatic carbocycles. The van der Waals surface area contributed by atoms with Crippen molar-refractivity contribution in [3.05, 3.63) is 65.0 Å². The molecule has 1 heterocycles. The lowest BCUT2D eigenvalue weighted by Gasteiger charge is -2.21. The Morgan fingerprint density at radius 3 is 2.75 bits per heavy atom. The van der Waals surface area contributed by atoms with E-state index in [-0.39, 0.29) is 11.8 Å². The van der Waals surface area contributed by atoms with Crippen LogP contribution in [0.2, 0.25) is 5.02 Å². The van der Waals surface area contributed by atoms with Gasteiger partial charge in [-0.25, -0.2) is 0 Å². The van der Waals surface area contributed by atoms with E-state index in [2.05, 4.69) is 15.5 Å². The van der Waals surface area contributed by atoms with Gasteiger partial charge in [-0.05, 0) is 30.2 Å². The molecule has 0 bridgehead atoms. The number of hydrogen-bond acceptors (Lipinski definition) is 5. The summed E-state index contributed by atoms with van der Waals surface area (Å²) >= 11 is 6.15.